The Kier molecular flexibility index (Phi) is 6.36. The van der Waals surface area contributed by atoms with E-state index in [-0.39, 0.29) is 12.0 Å². The lowest BCUT2D eigenvalue weighted by Gasteiger charge is -2.26. The molecule has 0 heterocycles. The Balaban J connectivity index is 4.17. The highest BCUT2D eigenvalue weighted by Gasteiger charge is 2.27. The van der Waals surface area contributed by atoms with Crippen LogP contribution >= 0.6 is 54.3 Å². The number of hydrogen-bond acceptors (Lipinski definition) is 2. The van der Waals surface area contributed by atoms with Crippen LogP contribution in [0.2, 0.25) is 0 Å². The molecule has 7 heteroatoms. The first-order valence-corrected chi connectivity index (χ1v) is 9.18. The zero-order valence-corrected chi connectivity index (χ0v) is 14.7. The molecule has 0 aliphatic rings. The molecule has 86 valence electrons. The summed E-state index contributed by atoms with van der Waals surface area (Å²) in [6.07, 6.45) is 0.512. The van der Waals surface area contributed by atoms with Crippen molar-refractivity contribution in [2.45, 2.75) is 22.9 Å². The SMILES string of the molecule is CC(C)(C)CP(O)(=S)OCC(Br)(Br)Br. The predicted molar refractivity (Wildman–Crippen MR) is 76.3 cm³/mol. The topological polar surface area (TPSA) is 29.5 Å². The van der Waals surface area contributed by atoms with Gasteiger partial charge < -0.3 is 9.42 Å². The lowest BCUT2D eigenvalue weighted by molar-refractivity contribution is 0.308. The van der Waals surface area contributed by atoms with Crippen LogP contribution in [0.15, 0.2) is 0 Å². The fraction of sp³-hybridized carbons (Fsp3) is 1.00. The molecule has 1 unspecified atom stereocenters. The second kappa shape index (κ2) is 5.56. The maximum absolute atomic E-state index is 9.85. The predicted octanol–water partition coefficient (Wildman–Crippen LogP) is 4.19. The molecule has 0 spiro atoms. The van der Waals surface area contributed by atoms with Crippen LogP contribution in [-0.2, 0) is 16.3 Å². The summed E-state index contributed by atoms with van der Waals surface area (Å²) < 4.78 is 4.81. The summed E-state index contributed by atoms with van der Waals surface area (Å²) in [5.74, 6) is 0. The highest BCUT2D eigenvalue weighted by atomic mass is 80.0. The van der Waals surface area contributed by atoms with E-state index in [1.54, 1.807) is 0 Å². The molecule has 1 atom stereocenters. The van der Waals surface area contributed by atoms with E-state index >= 15 is 0 Å². The number of halogens is 3. The first-order chi connectivity index (χ1) is 5.91. The normalized spacial score (nSPS) is 17.9. The molecule has 0 saturated heterocycles. The van der Waals surface area contributed by atoms with Gasteiger partial charge in [-0.2, -0.15) is 0 Å². The van der Waals surface area contributed by atoms with Crippen molar-refractivity contribution in [3.05, 3.63) is 0 Å². The summed E-state index contributed by atoms with van der Waals surface area (Å²) in [4.78, 5) is 9.85. The third-order valence-corrected chi connectivity index (χ3v) is 4.38. The summed E-state index contributed by atoms with van der Waals surface area (Å²) in [5, 5.41) is 0. The van der Waals surface area contributed by atoms with Crippen molar-refractivity contribution >= 4 is 66.1 Å². The Morgan fingerprint density at radius 2 is 1.71 bits per heavy atom. The smallest absolute Gasteiger partial charge is 0.186 e. The zero-order chi connectivity index (χ0) is 11.6. The molecule has 0 aromatic rings. The van der Waals surface area contributed by atoms with Gasteiger partial charge in [0, 0.05) is 6.16 Å². The van der Waals surface area contributed by atoms with E-state index in [1.807, 2.05) is 20.8 Å². The van der Waals surface area contributed by atoms with E-state index in [2.05, 4.69) is 47.8 Å². The average Bonchev–Trinajstić information content (AvgIpc) is 1.76. The molecule has 0 aliphatic carbocycles. The highest BCUT2D eigenvalue weighted by Crippen LogP contribution is 2.49. The van der Waals surface area contributed by atoms with Crippen molar-refractivity contribution in [1.29, 1.82) is 0 Å². The highest BCUT2D eigenvalue weighted by molar-refractivity contribution is 9.39. The van der Waals surface area contributed by atoms with Crippen LogP contribution in [0.4, 0.5) is 0 Å². The van der Waals surface area contributed by atoms with E-state index in [0.717, 1.165) is 0 Å². The van der Waals surface area contributed by atoms with Gasteiger partial charge in [0.25, 0.3) is 0 Å². The molecule has 0 aliphatic heterocycles. The van der Waals surface area contributed by atoms with Crippen LogP contribution in [0.5, 0.6) is 0 Å². The van der Waals surface area contributed by atoms with Gasteiger partial charge in [0.2, 0.25) is 0 Å². The molecule has 0 amide bonds. The molecule has 2 nitrogen and oxygen atoms in total. The Morgan fingerprint density at radius 3 is 2.00 bits per heavy atom. The molecular formula is C7H14Br3O2PS. The van der Waals surface area contributed by atoms with Crippen molar-refractivity contribution < 1.29 is 9.42 Å². The zero-order valence-electron chi connectivity index (χ0n) is 8.26. The number of alkyl halides is 3. The molecule has 0 aromatic carbocycles. The Hall–Kier alpha value is 2.01. The van der Waals surface area contributed by atoms with Crippen LogP contribution < -0.4 is 0 Å². The molecule has 0 fully saturated rings. The summed E-state index contributed by atoms with van der Waals surface area (Å²) in [6, 6.07) is 0. The second-order valence-electron chi connectivity index (χ2n) is 4.24. The molecule has 14 heavy (non-hydrogen) atoms. The third-order valence-electron chi connectivity index (χ3n) is 1.10. The van der Waals surface area contributed by atoms with Crippen molar-refractivity contribution in [3.8, 4) is 0 Å². The fourth-order valence-electron chi connectivity index (χ4n) is 0.819. The van der Waals surface area contributed by atoms with Gasteiger partial charge in [-0.15, -0.1) is 0 Å². The Bertz CT molecular complexity index is 234. The summed E-state index contributed by atoms with van der Waals surface area (Å²) >= 11 is 14.9. The second-order valence-corrected chi connectivity index (χ2v) is 15.1. The molecule has 0 bridgehead atoms. The standard InChI is InChI=1S/C7H14Br3O2PS/c1-6(2,3)5-13(11,14)12-4-7(8,9)10/h4-5H2,1-3H3,(H,11,14). The summed E-state index contributed by atoms with van der Waals surface area (Å²) in [6.45, 7) is 3.68. The van der Waals surface area contributed by atoms with Gasteiger partial charge in [-0.3, -0.25) is 0 Å². The van der Waals surface area contributed by atoms with Gasteiger partial charge >= 0.3 is 0 Å². The number of rotatable bonds is 3. The van der Waals surface area contributed by atoms with E-state index < -0.39 is 8.63 Å². The molecule has 0 rings (SSSR count). The lowest BCUT2D eigenvalue weighted by atomic mass is 10.0. The molecule has 0 radical (unpaired) electrons. The van der Waals surface area contributed by atoms with Gasteiger partial charge in [-0.25, -0.2) is 0 Å². The van der Waals surface area contributed by atoms with E-state index in [1.165, 1.54) is 0 Å². The van der Waals surface area contributed by atoms with Crippen LogP contribution in [0, 0.1) is 5.41 Å². The van der Waals surface area contributed by atoms with Crippen molar-refractivity contribution in [2.24, 2.45) is 5.41 Å². The Labute approximate surface area is 116 Å². The van der Waals surface area contributed by atoms with E-state index in [9.17, 15) is 4.89 Å². The van der Waals surface area contributed by atoms with Gasteiger partial charge in [0.15, 0.2) is 8.63 Å². The van der Waals surface area contributed by atoms with Gasteiger partial charge in [-0.05, 0) is 17.2 Å². The van der Waals surface area contributed by atoms with E-state index in [4.69, 9.17) is 16.3 Å². The van der Waals surface area contributed by atoms with Crippen LogP contribution in [0.3, 0.4) is 0 Å². The monoisotopic (exact) mass is 430 g/mol. The average molecular weight is 433 g/mol. The number of hydrogen-bond donors (Lipinski definition) is 1. The van der Waals surface area contributed by atoms with E-state index in [0.29, 0.717) is 6.16 Å². The first kappa shape index (κ1) is 16.0. The van der Waals surface area contributed by atoms with Crippen molar-refractivity contribution in [3.63, 3.8) is 0 Å². The van der Waals surface area contributed by atoms with Gasteiger partial charge in [-0.1, -0.05) is 68.6 Å². The lowest BCUT2D eigenvalue weighted by Crippen LogP contribution is -2.16. The van der Waals surface area contributed by atoms with Crippen molar-refractivity contribution in [2.75, 3.05) is 12.8 Å². The summed E-state index contributed by atoms with van der Waals surface area (Å²) in [5.41, 5.74) is -0.0160. The quantitative estimate of drug-likeness (QED) is 0.535. The van der Waals surface area contributed by atoms with Gasteiger partial charge in [0.1, 0.15) is 0 Å². The van der Waals surface area contributed by atoms with Crippen LogP contribution in [0.25, 0.3) is 0 Å². The minimum Gasteiger partial charge on any atom is -0.345 e. The largest absolute Gasteiger partial charge is 0.345 e. The van der Waals surface area contributed by atoms with Gasteiger partial charge in [0.05, 0.1) is 6.61 Å². The molecular weight excluding hydrogens is 419 g/mol. The fourth-order valence-corrected chi connectivity index (χ4v) is 4.70. The van der Waals surface area contributed by atoms with Crippen LogP contribution in [-0.4, -0.2) is 19.8 Å². The van der Waals surface area contributed by atoms with Crippen LogP contribution in [0.1, 0.15) is 20.8 Å². The minimum atomic E-state index is -2.67. The molecule has 0 saturated carbocycles. The van der Waals surface area contributed by atoms with Crippen molar-refractivity contribution in [1.82, 2.24) is 0 Å². The minimum absolute atomic E-state index is 0.0160. The molecule has 0 aromatic heterocycles. The third kappa shape index (κ3) is 10.5. The maximum Gasteiger partial charge on any atom is 0.186 e. The first-order valence-electron chi connectivity index (χ1n) is 3.94. The Morgan fingerprint density at radius 1 is 1.29 bits per heavy atom. The summed E-state index contributed by atoms with van der Waals surface area (Å²) in [7, 11) is 0. The molecule has 1 N–H and O–H groups in total. The maximum atomic E-state index is 9.85.